The number of methoxy groups -OCH3 is 1. The first kappa shape index (κ1) is 23.5. The molecule has 0 heterocycles. The fraction of sp³-hybridized carbons (Fsp3) is 0.0833. The number of non-ortho nitro benzene ring substituents is 1. The number of halogens is 1. The molecule has 166 valence electrons. The van der Waals surface area contributed by atoms with Crippen molar-refractivity contribution in [2.24, 2.45) is 0 Å². The van der Waals surface area contributed by atoms with Crippen LogP contribution in [0.15, 0.2) is 76.8 Å². The molecule has 0 saturated heterocycles. The molecular formula is C24H18BrN3O5. The van der Waals surface area contributed by atoms with Crippen molar-refractivity contribution in [1.82, 2.24) is 0 Å². The monoisotopic (exact) mass is 507 g/mol. The molecule has 0 bridgehead atoms. The number of benzene rings is 3. The highest BCUT2D eigenvalue weighted by Crippen LogP contribution is 2.38. The Kier molecular flexibility index (Phi) is 7.78. The smallest absolute Gasteiger partial charge is 0.269 e. The van der Waals surface area contributed by atoms with Crippen LogP contribution in [-0.4, -0.2) is 17.9 Å². The molecule has 0 aliphatic carbocycles. The van der Waals surface area contributed by atoms with Crippen molar-refractivity contribution in [2.45, 2.75) is 6.61 Å². The molecule has 0 radical (unpaired) electrons. The maximum absolute atomic E-state index is 12.5. The Labute approximate surface area is 198 Å². The van der Waals surface area contributed by atoms with Crippen LogP contribution in [0.1, 0.15) is 11.1 Å². The second kappa shape index (κ2) is 10.9. The number of nitrogens with zero attached hydrogens (tertiary/aromatic N) is 2. The molecule has 0 fully saturated rings. The molecule has 0 aliphatic rings. The van der Waals surface area contributed by atoms with E-state index in [9.17, 15) is 20.2 Å². The van der Waals surface area contributed by atoms with E-state index < -0.39 is 10.8 Å². The van der Waals surface area contributed by atoms with Crippen molar-refractivity contribution < 1.29 is 19.2 Å². The van der Waals surface area contributed by atoms with Crippen LogP contribution < -0.4 is 14.8 Å². The standard InChI is InChI=1S/C24H18BrN3O5/c1-32-22-13-17(11-18(14-26)24(29)27-19-5-3-2-4-6-19)12-21(25)23(22)33-15-16-7-9-20(10-8-16)28(30)31/h2-13H,15H2,1H3,(H,27,29)/b18-11-. The lowest BCUT2D eigenvalue weighted by Crippen LogP contribution is -2.13. The lowest BCUT2D eigenvalue weighted by molar-refractivity contribution is -0.384. The summed E-state index contributed by atoms with van der Waals surface area (Å²) in [4.78, 5) is 22.8. The quantitative estimate of drug-likeness (QED) is 0.186. The minimum Gasteiger partial charge on any atom is -0.493 e. The van der Waals surface area contributed by atoms with Gasteiger partial charge in [-0.1, -0.05) is 18.2 Å². The van der Waals surface area contributed by atoms with Crippen molar-refractivity contribution in [3.05, 3.63) is 98.0 Å². The zero-order chi connectivity index (χ0) is 23.8. The number of nitro groups is 1. The number of hydrogen-bond donors (Lipinski definition) is 1. The van der Waals surface area contributed by atoms with Crippen molar-refractivity contribution in [3.8, 4) is 17.6 Å². The number of ether oxygens (including phenoxy) is 2. The van der Waals surface area contributed by atoms with Gasteiger partial charge in [0.15, 0.2) is 11.5 Å². The van der Waals surface area contributed by atoms with Crippen molar-refractivity contribution in [1.29, 1.82) is 5.26 Å². The summed E-state index contributed by atoms with van der Waals surface area (Å²) >= 11 is 3.44. The van der Waals surface area contributed by atoms with Crippen LogP contribution in [0.5, 0.6) is 11.5 Å². The molecule has 3 rings (SSSR count). The van der Waals surface area contributed by atoms with Gasteiger partial charge in [0.2, 0.25) is 0 Å². The number of nitro benzene ring substituents is 1. The molecule has 33 heavy (non-hydrogen) atoms. The Hall–Kier alpha value is -4.16. The number of anilines is 1. The van der Waals surface area contributed by atoms with E-state index in [1.807, 2.05) is 12.1 Å². The third kappa shape index (κ3) is 6.18. The number of hydrogen-bond acceptors (Lipinski definition) is 6. The second-order valence-corrected chi connectivity index (χ2v) is 7.59. The Morgan fingerprint density at radius 1 is 1.18 bits per heavy atom. The van der Waals surface area contributed by atoms with Crippen LogP contribution in [0.4, 0.5) is 11.4 Å². The van der Waals surface area contributed by atoms with Gasteiger partial charge in [-0.15, -0.1) is 0 Å². The third-order valence-corrected chi connectivity index (χ3v) is 5.08. The Morgan fingerprint density at radius 2 is 1.88 bits per heavy atom. The highest BCUT2D eigenvalue weighted by atomic mass is 79.9. The largest absolute Gasteiger partial charge is 0.493 e. The minimum absolute atomic E-state index is 0.00162. The summed E-state index contributed by atoms with van der Waals surface area (Å²) in [7, 11) is 1.47. The van der Waals surface area contributed by atoms with E-state index in [-0.39, 0.29) is 17.9 Å². The molecule has 0 aromatic heterocycles. The van der Waals surface area contributed by atoms with Gasteiger partial charge >= 0.3 is 0 Å². The first-order valence-electron chi connectivity index (χ1n) is 9.63. The molecule has 3 aromatic carbocycles. The summed E-state index contributed by atoms with van der Waals surface area (Å²) in [6, 6.07) is 20.1. The topological polar surface area (TPSA) is 114 Å². The van der Waals surface area contributed by atoms with Crippen LogP contribution in [0.25, 0.3) is 6.08 Å². The summed E-state index contributed by atoms with van der Waals surface area (Å²) in [6.07, 6.45) is 1.45. The molecule has 9 heteroatoms. The summed E-state index contributed by atoms with van der Waals surface area (Å²) in [5.74, 6) is 0.274. The normalized spacial score (nSPS) is 10.8. The van der Waals surface area contributed by atoms with Crippen LogP contribution >= 0.6 is 15.9 Å². The molecule has 0 unspecified atom stereocenters. The van der Waals surface area contributed by atoms with E-state index in [0.717, 1.165) is 5.56 Å². The zero-order valence-electron chi connectivity index (χ0n) is 17.4. The molecule has 0 aliphatic heterocycles. The highest BCUT2D eigenvalue weighted by Gasteiger charge is 2.15. The number of nitrogens with one attached hydrogen (secondary N) is 1. The number of carbonyl (C=O) groups is 1. The Balaban J connectivity index is 1.79. The lowest BCUT2D eigenvalue weighted by Gasteiger charge is -2.14. The number of nitriles is 1. The summed E-state index contributed by atoms with van der Waals surface area (Å²) < 4.78 is 11.8. The van der Waals surface area contributed by atoms with E-state index in [0.29, 0.717) is 27.2 Å². The predicted octanol–water partition coefficient (Wildman–Crippen LogP) is 5.49. The second-order valence-electron chi connectivity index (χ2n) is 6.74. The average molecular weight is 508 g/mol. The van der Waals surface area contributed by atoms with Crippen LogP contribution in [-0.2, 0) is 11.4 Å². The Morgan fingerprint density at radius 3 is 2.48 bits per heavy atom. The highest BCUT2D eigenvalue weighted by molar-refractivity contribution is 9.10. The molecule has 3 aromatic rings. The first-order chi connectivity index (χ1) is 15.9. The van der Waals surface area contributed by atoms with Gasteiger partial charge in [-0.2, -0.15) is 5.26 Å². The van der Waals surface area contributed by atoms with E-state index in [2.05, 4.69) is 21.2 Å². The van der Waals surface area contributed by atoms with E-state index >= 15 is 0 Å². The van der Waals surface area contributed by atoms with E-state index in [1.165, 1.54) is 25.3 Å². The van der Waals surface area contributed by atoms with Gasteiger partial charge in [0.1, 0.15) is 18.2 Å². The van der Waals surface area contributed by atoms with Gasteiger partial charge in [0.25, 0.3) is 11.6 Å². The average Bonchev–Trinajstić information content (AvgIpc) is 2.82. The van der Waals surface area contributed by atoms with Crippen LogP contribution in [0, 0.1) is 21.4 Å². The number of amides is 1. The summed E-state index contributed by atoms with van der Waals surface area (Å²) in [6.45, 7) is 0.158. The minimum atomic E-state index is -0.530. The maximum atomic E-state index is 12.5. The number of rotatable bonds is 8. The lowest BCUT2D eigenvalue weighted by atomic mass is 10.1. The summed E-state index contributed by atoms with van der Waals surface area (Å²) in [5, 5.41) is 22.9. The number of carbonyl (C=O) groups excluding carboxylic acids is 1. The van der Waals surface area contributed by atoms with Crippen LogP contribution in [0.2, 0.25) is 0 Å². The van der Waals surface area contributed by atoms with E-state index in [1.54, 1.807) is 48.5 Å². The van der Waals surface area contributed by atoms with Gasteiger partial charge in [0.05, 0.1) is 16.5 Å². The van der Waals surface area contributed by atoms with Crippen molar-refractivity contribution in [3.63, 3.8) is 0 Å². The van der Waals surface area contributed by atoms with Crippen LogP contribution in [0.3, 0.4) is 0 Å². The first-order valence-corrected chi connectivity index (χ1v) is 10.4. The van der Waals surface area contributed by atoms with Crippen molar-refractivity contribution >= 4 is 39.3 Å². The van der Waals surface area contributed by atoms with Crippen molar-refractivity contribution in [2.75, 3.05) is 12.4 Å². The SMILES string of the molecule is COc1cc(/C=C(/C#N)C(=O)Nc2ccccc2)cc(Br)c1OCc1ccc([N+](=O)[O-])cc1. The van der Waals surface area contributed by atoms with Gasteiger partial charge in [-0.05, 0) is 69.5 Å². The zero-order valence-corrected chi connectivity index (χ0v) is 19.0. The molecule has 1 N–H and O–H groups in total. The number of para-hydroxylation sites is 1. The van der Waals surface area contributed by atoms with Gasteiger partial charge < -0.3 is 14.8 Å². The summed E-state index contributed by atoms with van der Waals surface area (Å²) in [5.41, 5.74) is 1.80. The molecule has 1 amide bonds. The molecule has 0 atom stereocenters. The molecular weight excluding hydrogens is 490 g/mol. The molecule has 0 spiro atoms. The van der Waals surface area contributed by atoms with Gasteiger partial charge in [0, 0.05) is 17.8 Å². The van der Waals surface area contributed by atoms with Gasteiger partial charge in [-0.3, -0.25) is 14.9 Å². The van der Waals surface area contributed by atoms with Gasteiger partial charge in [-0.25, -0.2) is 0 Å². The molecule has 0 saturated carbocycles. The predicted molar refractivity (Wildman–Crippen MR) is 127 cm³/mol. The fourth-order valence-electron chi connectivity index (χ4n) is 2.87. The Bertz CT molecular complexity index is 1240. The fourth-order valence-corrected chi connectivity index (χ4v) is 3.44. The molecule has 8 nitrogen and oxygen atoms in total. The van der Waals surface area contributed by atoms with E-state index in [4.69, 9.17) is 9.47 Å². The third-order valence-electron chi connectivity index (χ3n) is 4.49. The maximum Gasteiger partial charge on any atom is 0.269 e.